The predicted molar refractivity (Wildman–Crippen MR) is 135 cm³/mol. The molecule has 2 aromatic heterocycles. The first-order valence-corrected chi connectivity index (χ1v) is 12.2. The lowest BCUT2D eigenvalue weighted by molar-refractivity contribution is 0.0601. The van der Waals surface area contributed by atoms with Gasteiger partial charge in [-0.05, 0) is 73.2 Å². The third kappa shape index (κ3) is 4.67. The Bertz CT molecular complexity index is 1380. The maximum absolute atomic E-state index is 11.9. The summed E-state index contributed by atoms with van der Waals surface area (Å²) < 4.78 is 10.7. The van der Waals surface area contributed by atoms with Crippen molar-refractivity contribution in [2.24, 2.45) is 4.99 Å². The van der Waals surface area contributed by atoms with E-state index in [1.54, 1.807) is 35.8 Å². The summed E-state index contributed by atoms with van der Waals surface area (Å²) in [4.78, 5) is 27.9. The molecule has 0 fully saturated rings. The number of rotatable bonds is 6. The number of thiophene rings is 1. The molecule has 0 atom stereocenters. The van der Waals surface area contributed by atoms with Crippen molar-refractivity contribution in [3.05, 3.63) is 81.1 Å². The molecule has 1 aliphatic rings. The van der Waals surface area contributed by atoms with Crippen LogP contribution in [0.4, 0.5) is 5.69 Å². The van der Waals surface area contributed by atoms with Gasteiger partial charge in [0.1, 0.15) is 22.3 Å². The molecule has 34 heavy (non-hydrogen) atoms. The number of aryl methyl sites for hydroxylation is 2. The van der Waals surface area contributed by atoms with Gasteiger partial charge in [0.15, 0.2) is 5.82 Å². The fourth-order valence-electron chi connectivity index (χ4n) is 4.03. The molecule has 0 spiro atoms. The van der Waals surface area contributed by atoms with E-state index < -0.39 is 5.97 Å². The van der Waals surface area contributed by atoms with Crippen LogP contribution in [0.2, 0.25) is 5.15 Å². The second kappa shape index (κ2) is 9.91. The smallest absolute Gasteiger partial charge is 0.340 e. The van der Waals surface area contributed by atoms with Gasteiger partial charge in [-0.1, -0.05) is 23.7 Å². The number of hydrogen-bond donors (Lipinski definition) is 0. The minimum Gasteiger partial charge on any atom is -0.486 e. The van der Waals surface area contributed by atoms with E-state index in [1.165, 1.54) is 30.4 Å². The van der Waals surface area contributed by atoms with Crippen LogP contribution in [0.1, 0.15) is 45.0 Å². The van der Waals surface area contributed by atoms with E-state index in [0.717, 1.165) is 28.6 Å². The predicted octanol–water partition coefficient (Wildman–Crippen LogP) is 6.34. The molecule has 0 saturated carbocycles. The van der Waals surface area contributed by atoms with Gasteiger partial charge in [-0.2, -0.15) is 0 Å². The maximum Gasteiger partial charge on any atom is 0.340 e. The van der Waals surface area contributed by atoms with E-state index in [2.05, 4.69) is 9.98 Å². The van der Waals surface area contributed by atoms with Crippen LogP contribution in [0.15, 0.2) is 53.5 Å². The molecule has 0 unspecified atom stereocenters. The van der Waals surface area contributed by atoms with Gasteiger partial charge in [-0.15, -0.1) is 11.3 Å². The molecule has 172 valence electrons. The third-order valence-electron chi connectivity index (χ3n) is 5.73. The third-order valence-corrected chi connectivity index (χ3v) is 7.19. The normalized spacial score (nSPS) is 13.2. The van der Waals surface area contributed by atoms with Crippen LogP contribution in [0, 0.1) is 0 Å². The first kappa shape index (κ1) is 22.5. The van der Waals surface area contributed by atoms with Crippen molar-refractivity contribution in [1.82, 2.24) is 9.97 Å². The van der Waals surface area contributed by atoms with E-state index in [-0.39, 0.29) is 6.61 Å². The van der Waals surface area contributed by atoms with Crippen LogP contribution in [-0.2, 0) is 24.2 Å². The number of hydrogen-bond acceptors (Lipinski definition) is 7. The van der Waals surface area contributed by atoms with Crippen molar-refractivity contribution >= 4 is 51.0 Å². The number of ether oxygens (including phenoxy) is 2. The first-order valence-electron chi connectivity index (χ1n) is 11.0. The van der Waals surface area contributed by atoms with Crippen molar-refractivity contribution in [3.63, 3.8) is 0 Å². The number of esters is 1. The molecule has 0 aliphatic heterocycles. The number of nitrogens with zero attached hydrogens (tertiary/aromatic N) is 3. The second-order valence-electron chi connectivity index (χ2n) is 7.95. The van der Waals surface area contributed by atoms with Gasteiger partial charge in [-0.25, -0.2) is 14.8 Å². The summed E-state index contributed by atoms with van der Waals surface area (Å²) in [5.41, 5.74) is 3.17. The lowest BCUT2D eigenvalue weighted by Crippen LogP contribution is -2.03. The minimum atomic E-state index is -0.417. The van der Waals surface area contributed by atoms with Crippen LogP contribution in [0.3, 0.4) is 0 Å². The quantitative estimate of drug-likeness (QED) is 0.179. The summed E-state index contributed by atoms with van der Waals surface area (Å²) in [6.45, 7) is 0.234. The van der Waals surface area contributed by atoms with Crippen LogP contribution < -0.4 is 4.74 Å². The Kier molecular flexibility index (Phi) is 6.56. The zero-order valence-electron chi connectivity index (χ0n) is 18.6. The highest BCUT2D eigenvalue weighted by Gasteiger charge is 2.20. The first-order chi connectivity index (χ1) is 16.6. The zero-order chi connectivity index (χ0) is 23.5. The SMILES string of the molecule is COC(=O)c1ccccc1N=Cc1ccc(OCc2nc(Cl)c3c4c(sc3n2)CCCC4)cc1. The average Bonchev–Trinajstić information content (AvgIpc) is 3.25. The van der Waals surface area contributed by atoms with Gasteiger partial charge in [0, 0.05) is 11.1 Å². The molecule has 0 radical (unpaired) electrons. The molecule has 0 bridgehead atoms. The number of carbonyl (C=O) groups excluding carboxylic acids is 1. The number of aromatic nitrogens is 2. The summed E-state index contributed by atoms with van der Waals surface area (Å²) >= 11 is 8.25. The summed E-state index contributed by atoms with van der Waals surface area (Å²) in [7, 11) is 1.35. The van der Waals surface area contributed by atoms with Gasteiger partial charge in [0.05, 0.1) is 23.7 Å². The topological polar surface area (TPSA) is 73.7 Å². The minimum absolute atomic E-state index is 0.234. The fraction of sp³-hybridized carbons (Fsp3) is 0.231. The summed E-state index contributed by atoms with van der Waals surface area (Å²) in [5, 5.41) is 1.53. The Balaban J connectivity index is 1.27. The molecular weight excluding hydrogens is 470 g/mol. The molecule has 5 rings (SSSR count). The van der Waals surface area contributed by atoms with Crippen LogP contribution in [0.5, 0.6) is 5.75 Å². The van der Waals surface area contributed by atoms with Crippen molar-refractivity contribution < 1.29 is 14.3 Å². The fourth-order valence-corrected chi connectivity index (χ4v) is 5.67. The number of carbonyl (C=O) groups is 1. The van der Waals surface area contributed by atoms with Gasteiger partial charge in [-0.3, -0.25) is 4.99 Å². The number of fused-ring (bicyclic) bond motifs is 3. The Morgan fingerprint density at radius 1 is 1.12 bits per heavy atom. The number of benzene rings is 2. The summed E-state index contributed by atoms with van der Waals surface area (Å²) in [6.07, 6.45) is 6.26. The van der Waals surface area contributed by atoms with E-state index in [1.807, 2.05) is 30.3 Å². The average molecular weight is 492 g/mol. The van der Waals surface area contributed by atoms with Crippen LogP contribution in [0.25, 0.3) is 10.2 Å². The van der Waals surface area contributed by atoms with E-state index in [9.17, 15) is 4.79 Å². The lowest BCUT2D eigenvalue weighted by atomic mass is 9.97. The van der Waals surface area contributed by atoms with Crippen molar-refractivity contribution in [1.29, 1.82) is 0 Å². The molecule has 6 nitrogen and oxygen atoms in total. The molecule has 0 N–H and O–H groups in total. The Hall–Kier alpha value is -3.29. The van der Waals surface area contributed by atoms with Gasteiger partial charge in [0.25, 0.3) is 0 Å². The molecular formula is C26H22ClN3O3S. The number of para-hydroxylation sites is 1. The Labute approximate surface area is 206 Å². The number of aliphatic imine (C=N–C) groups is 1. The molecule has 4 aromatic rings. The Morgan fingerprint density at radius 3 is 2.74 bits per heavy atom. The van der Waals surface area contributed by atoms with Crippen molar-refractivity contribution in [2.75, 3.05) is 7.11 Å². The maximum atomic E-state index is 11.9. The second-order valence-corrected chi connectivity index (χ2v) is 9.39. The highest BCUT2D eigenvalue weighted by atomic mass is 35.5. The molecule has 0 saturated heterocycles. The molecule has 2 aromatic carbocycles. The van der Waals surface area contributed by atoms with Crippen LogP contribution >= 0.6 is 22.9 Å². The molecule has 8 heteroatoms. The highest BCUT2D eigenvalue weighted by molar-refractivity contribution is 7.19. The summed E-state index contributed by atoms with van der Waals surface area (Å²) in [6, 6.07) is 14.6. The lowest BCUT2D eigenvalue weighted by Gasteiger charge is -2.10. The van der Waals surface area contributed by atoms with Gasteiger partial charge >= 0.3 is 5.97 Å². The van der Waals surface area contributed by atoms with Crippen molar-refractivity contribution in [3.8, 4) is 5.75 Å². The monoisotopic (exact) mass is 491 g/mol. The van der Waals surface area contributed by atoms with Gasteiger partial charge < -0.3 is 9.47 Å². The highest BCUT2D eigenvalue weighted by Crippen LogP contribution is 2.38. The van der Waals surface area contributed by atoms with E-state index in [0.29, 0.717) is 28.0 Å². The van der Waals surface area contributed by atoms with Crippen LogP contribution in [-0.4, -0.2) is 29.3 Å². The molecule has 2 heterocycles. The number of halogens is 1. The largest absolute Gasteiger partial charge is 0.486 e. The van der Waals surface area contributed by atoms with Gasteiger partial charge in [0.2, 0.25) is 0 Å². The van der Waals surface area contributed by atoms with Crippen molar-refractivity contribution in [2.45, 2.75) is 32.3 Å². The summed E-state index contributed by atoms with van der Waals surface area (Å²) in [5.74, 6) is 0.846. The standard InChI is InChI=1S/C26H22ClN3O3S/c1-32-26(31)18-6-2-4-8-20(18)28-14-16-10-12-17(13-11-16)33-15-22-29-24(27)23-19-7-3-5-9-21(19)34-25(23)30-22/h2,4,6,8,10-14H,3,5,7,9,15H2,1H3. The molecule has 1 aliphatic carbocycles. The van der Waals surface area contributed by atoms with E-state index in [4.69, 9.17) is 26.1 Å². The number of methoxy groups -OCH3 is 1. The zero-order valence-corrected chi connectivity index (χ0v) is 20.2. The Morgan fingerprint density at radius 2 is 1.91 bits per heavy atom. The molecule has 0 amide bonds. The van der Waals surface area contributed by atoms with E-state index >= 15 is 0 Å².